The normalized spacial score (nSPS) is 14.0. The first kappa shape index (κ1) is 19.5. The van der Waals surface area contributed by atoms with E-state index in [2.05, 4.69) is 32.5 Å². The van der Waals surface area contributed by atoms with E-state index < -0.39 is 0 Å². The molecule has 1 saturated heterocycles. The van der Waals surface area contributed by atoms with Gasteiger partial charge < -0.3 is 14.8 Å². The smallest absolute Gasteiger partial charge is 0.234 e. The van der Waals surface area contributed by atoms with Crippen LogP contribution in [0.15, 0.2) is 59.8 Å². The Hall–Kier alpha value is -2.80. The van der Waals surface area contributed by atoms with Gasteiger partial charge in [-0.15, -0.1) is 10.2 Å². The van der Waals surface area contributed by atoms with E-state index in [1.165, 1.54) is 36.7 Å². The summed E-state index contributed by atoms with van der Waals surface area (Å²) in [5.41, 5.74) is 3.05. The number of nitrogens with one attached hydrogen (secondary N) is 1. The fourth-order valence-corrected chi connectivity index (χ4v) is 4.23. The SMILES string of the molecule is Cn1c(SCC(=O)Nc2ccc(N3CCCCC3)cc2)nnc1-c1ccccc1. The van der Waals surface area contributed by atoms with Gasteiger partial charge in [-0.05, 0) is 43.5 Å². The lowest BCUT2D eigenvalue weighted by molar-refractivity contribution is -0.113. The molecule has 0 unspecified atom stereocenters. The number of hydrogen-bond acceptors (Lipinski definition) is 5. The van der Waals surface area contributed by atoms with Crippen molar-refractivity contribution < 1.29 is 4.79 Å². The van der Waals surface area contributed by atoms with Gasteiger partial charge in [0.15, 0.2) is 11.0 Å². The standard InChI is InChI=1S/C22H25N5OS/c1-26-21(17-8-4-2-5-9-17)24-25-22(26)29-16-20(28)23-18-10-12-19(13-11-18)27-14-6-3-7-15-27/h2,4-5,8-13H,3,6-7,14-16H2,1H3,(H,23,28). The predicted molar refractivity (Wildman–Crippen MR) is 118 cm³/mol. The fraction of sp³-hybridized carbons (Fsp3) is 0.318. The van der Waals surface area contributed by atoms with Crippen LogP contribution in [0.2, 0.25) is 0 Å². The minimum Gasteiger partial charge on any atom is -0.372 e. The van der Waals surface area contributed by atoms with Gasteiger partial charge in [0.2, 0.25) is 5.91 Å². The molecule has 0 radical (unpaired) electrons. The molecule has 2 heterocycles. The zero-order chi connectivity index (χ0) is 20.1. The van der Waals surface area contributed by atoms with Crippen LogP contribution in [0.5, 0.6) is 0 Å². The van der Waals surface area contributed by atoms with Crippen LogP contribution < -0.4 is 10.2 Å². The molecular weight excluding hydrogens is 382 g/mol. The van der Waals surface area contributed by atoms with Crippen molar-refractivity contribution in [3.8, 4) is 11.4 Å². The maximum absolute atomic E-state index is 12.4. The van der Waals surface area contributed by atoms with Crippen LogP contribution in [0.1, 0.15) is 19.3 Å². The number of aromatic nitrogens is 3. The summed E-state index contributed by atoms with van der Waals surface area (Å²) >= 11 is 1.38. The number of carbonyl (C=O) groups excluding carboxylic acids is 1. The molecule has 7 heteroatoms. The van der Waals surface area contributed by atoms with Crippen molar-refractivity contribution in [2.24, 2.45) is 7.05 Å². The molecule has 2 aromatic carbocycles. The largest absolute Gasteiger partial charge is 0.372 e. The Morgan fingerprint density at radius 3 is 2.45 bits per heavy atom. The number of nitrogens with zero attached hydrogens (tertiary/aromatic N) is 4. The van der Waals surface area contributed by atoms with Crippen molar-refractivity contribution in [3.05, 3.63) is 54.6 Å². The molecule has 1 aromatic heterocycles. The number of rotatable bonds is 6. The molecule has 6 nitrogen and oxygen atoms in total. The maximum atomic E-state index is 12.4. The zero-order valence-electron chi connectivity index (χ0n) is 16.5. The van der Waals surface area contributed by atoms with Gasteiger partial charge in [0, 0.05) is 37.1 Å². The Balaban J connectivity index is 1.32. The number of amides is 1. The Labute approximate surface area is 175 Å². The summed E-state index contributed by atoms with van der Waals surface area (Å²) in [6.07, 6.45) is 3.83. The first-order valence-corrected chi connectivity index (χ1v) is 10.9. The van der Waals surface area contributed by atoms with Crippen molar-refractivity contribution in [2.75, 3.05) is 29.1 Å². The van der Waals surface area contributed by atoms with Gasteiger partial charge in [0.25, 0.3) is 0 Å². The number of thioether (sulfide) groups is 1. The van der Waals surface area contributed by atoms with Crippen molar-refractivity contribution >= 4 is 29.0 Å². The summed E-state index contributed by atoms with van der Waals surface area (Å²) in [6, 6.07) is 18.0. The third-order valence-corrected chi connectivity index (χ3v) is 6.09. The van der Waals surface area contributed by atoms with Crippen LogP contribution in [0.25, 0.3) is 11.4 Å². The lowest BCUT2D eigenvalue weighted by Gasteiger charge is -2.28. The molecule has 150 valence electrons. The molecule has 0 bridgehead atoms. The fourth-order valence-electron chi connectivity index (χ4n) is 3.51. The van der Waals surface area contributed by atoms with Gasteiger partial charge in [-0.2, -0.15) is 0 Å². The molecule has 0 aliphatic carbocycles. The number of hydrogen-bond donors (Lipinski definition) is 1. The maximum Gasteiger partial charge on any atom is 0.234 e. The van der Waals surface area contributed by atoms with Crippen molar-refractivity contribution in [3.63, 3.8) is 0 Å². The molecule has 1 N–H and O–H groups in total. The summed E-state index contributed by atoms with van der Waals surface area (Å²) in [5, 5.41) is 12.2. The highest BCUT2D eigenvalue weighted by molar-refractivity contribution is 7.99. The second kappa shape index (κ2) is 9.13. The molecular formula is C22H25N5OS. The molecule has 1 fully saturated rings. The van der Waals surface area contributed by atoms with Gasteiger partial charge in [0.1, 0.15) is 0 Å². The Bertz CT molecular complexity index is 949. The predicted octanol–water partition coefficient (Wildman–Crippen LogP) is 4.20. The molecule has 1 aliphatic heterocycles. The van der Waals surface area contributed by atoms with Crippen LogP contribution in [0.4, 0.5) is 11.4 Å². The Kier molecular flexibility index (Phi) is 6.14. The van der Waals surface area contributed by atoms with E-state index in [-0.39, 0.29) is 11.7 Å². The lowest BCUT2D eigenvalue weighted by Crippen LogP contribution is -2.29. The van der Waals surface area contributed by atoms with Gasteiger partial charge in [-0.25, -0.2) is 0 Å². The minimum absolute atomic E-state index is 0.0509. The zero-order valence-corrected chi connectivity index (χ0v) is 17.4. The van der Waals surface area contributed by atoms with E-state index in [9.17, 15) is 4.79 Å². The van der Waals surface area contributed by atoms with Crippen LogP contribution in [0.3, 0.4) is 0 Å². The lowest BCUT2D eigenvalue weighted by atomic mass is 10.1. The third-order valence-electron chi connectivity index (χ3n) is 5.07. The average Bonchev–Trinajstić information content (AvgIpc) is 3.14. The van der Waals surface area contributed by atoms with E-state index in [4.69, 9.17) is 0 Å². The van der Waals surface area contributed by atoms with Crippen LogP contribution in [0, 0.1) is 0 Å². The van der Waals surface area contributed by atoms with Crippen LogP contribution in [-0.4, -0.2) is 39.5 Å². The van der Waals surface area contributed by atoms with E-state index in [0.29, 0.717) is 0 Å². The van der Waals surface area contributed by atoms with Crippen LogP contribution in [-0.2, 0) is 11.8 Å². The monoisotopic (exact) mass is 407 g/mol. The second-order valence-electron chi connectivity index (χ2n) is 7.16. The molecule has 1 aliphatic rings. The summed E-state index contributed by atoms with van der Waals surface area (Å²) < 4.78 is 1.92. The summed E-state index contributed by atoms with van der Waals surface area (Å²) in [6.45, 7) is 2.23. The van der Waals surface area contributed by atoms with Crippen molar-refractivity contribution in [1.29, 1.82) is 0 Å². The van der Waals surface area contributed by atoms with Gasteiger partial charge in [-0.1, -0.05) is 42.1 Å². The first-order chi connectivity index (χ1) is 14.2. The van der Waals surface area contributed by atoms with Gasteiger partial charge >= 0.3 is 0 Å². The minimum atomic E-state index is -0.0509. The van der Waals surface area contributed by atoms with E-state index >= 15 is 0 Å². The number of anilines is 2. The molecule has 0 atom stereocenters. The van der Waals surface area contributed by atoms with Crippen LogP contribution >= 0.6 is 11.8 Å². The summed E-state index contributed by atoms with van der Waals surface area (Å²) in [7, 11) is 1.92. The molecule has 4 rings (SSSR count). The van der Waals surface area contributed by atoms with Crippen molar-refractivity contribution in [2.45, 2.75) is 24.4 Å². The number of carbonyl (C=O) groups is 1. The van der Waals surface area contributed by atoms with E-state index in [1.807, 2.05) is 54.1 Å². The van der Waals surface area contributed by atoms with E-state index in [0.717, 1.165) is 35.3 Å². The molecule has 0 spiro atoms. The first-order valence-electron chi connectivity index (χ1n) is 9.93. The highest BCUT2D eigenvalue weighted by atomic mass is 32.2. The third kappa shape index (κ3) is 4.79. The van der Waals surface area contributed by atoms with Crippen molar-refractivity contribution in [1.82, 2.24) is 14.8 Å². The average molecular weight is 408 g/mol. The molecule has 1 amide bonds. The highest BCUT2D eigenvalue weighted by Crippen LogP contribution is 2.24. The van der Waals surface area contributed by atoms with E-state index in [1.54, 1.807) is 0 Å². The molecule has 29 heavy (non-hydrogen) atoms. The summed E-state index contributed by atoms with van der Waals surface area (Å²) in [5.74, 6) is 1.03. The highest BCUT2D eigenvalue weighted by Gasteiger charge is 2.14. The van der Waals surface area contributed by atoms with Gasteiger partial charge in [-0.3, -0.25) is 4.79 Å². The quantitative estimate of drug-likeness (QED) is 0.621. The Morgan fingerprint density at radius 1 is 1.00 bits per heavy atom. The number of piperidine rings is 1. The van der Waals surface area contributed by atoms with Gasteiger partial charge in [0.05, 0.1) is 5.75 Å². The Morgan fingerprint density at radius 2 is 1.72 bits per heavy atom. The molecule has 3 aromatic rings. The topological polar surface area (TPSA) is 63.1 Å². The summed E-state index contributed by atoms with van der Waals surface area (Å²) in [4.78, 5) is 14.8. The second-order valence-corrected chi connectivity index (χ2v) is 8.11. The molecule has 0 saturated carbocycles. The number of benzene rings is 2.